The monoisotopic (exact) mass is 458 g/mol. The van der Waals surface area contributed by atoms with Crippen LogP contribution in [0.5, 0.6) is 0 Å². The topological polar surface area (TPSA) is 125 Å². The fourth-order valence-electron chi connectivity index (χ4n) is 4.19. The lowest BCUT2D eigenvalue weighted by Crippen LogP contribution is -2.41. The van der Waals surface area contributed by atoms with Crippen LogP contribution in [0.1, 0.15) is 19.4 Å². The van der Waals surface area contributed by atoms with Crippen LogP contribution in [0.15, 0.2) is 6.33 Å². The first-order chi connectivity index (χ1) is 12.0. The maximum atomic E-state index is 12.3. The Morgan fingerprint density at radius 3 is 2.92 bits per heavy atom. The standard InChI is InChI=1S/C15H19IN6O3/c1-3-18-11-7-12(21-14(16)20-11)22(5-19-7)8-6-4-15(6,13(25)17-2)10(24)9(8)23/h5-6,8-10,23-24H,3-4H2,1-2H3,(H,17,25)(H,18,20,21)/t6?,8-,9+,10+,15-/m1/s1. The maximum Gasteiger partial charge on any atom is 0.229 e. The molecule has 2 aromatic heterocycles. The molecule has 134 valence electrons. The predicted molar refractivity (Wildman–Crippen MR) is 97.9 cm³/mol. The number of amides is 1. The number of fused-ring (bicyclic) bond motifs is 2. The average molecular weight is 458 g/mol. The van der Waals surface area contributed by atoms with Crippen LogP contribution < -0.4 is 10.6 Å². The Labute approximate surface area is 157 Å². The second-order valence-corrected chi connectivity index (χ2v) is 7.52. The number of imidazole rings is 1. The molecule has 5 atom stereocenters. The number of anilines is 1. The van der Waals surface area contributed by atoms with Gasteiger partial charge >= 0.3 is 0 Å². The summed E-state index contributed by atoms with van der Waals surface area (Å²) in [7, 11) is 1.55. The van der Waals surface area contributed by atoms with Gasteiger partial charge in [0, 0.05) is 42.1 Å². The summed E-state index contributed by atoms with van der Waals surface area (Å²) in [5.74, 6) is 0.260. The summed E-state index contributed by atoms with van der Waals surface area (Å²) in [6.07, 6.45) is -0.00946. The molecule has 1 unspecified atom stereocenters. The zero-order valence-corrected chi connectivity index (χ0v) is 15.9. The minimum Gasteiger partial charge on any atom is -0.389 e. The summed E-state index contributed by atoms with van der Waals surface area (Å²) >= 11 is 2.04. The van der Waals surface area contributed by atoms with Crippen LogP contribution in [0.4, 0.5) is 5.82 Å². The van der Waals surface area contributed by atoms with Crippen molar-refractivity contribution in [3.63, 3.8) is 0 Å². The smallest absolute Gasteiger partial charge is 0.229 e. The molecule has 9 nitrogen and oxygen atoms in total. The molecule has 4 rings (SSSR count). The summed E-state index contributed by atoms with van der Waals surface area (Å²) in [6.45, 7) is 2.67. The molecular weight excluding hydrogens is 439 g/mol. The van der Waals surface area contributed by atoms with E-state index in [9.17, 15) is 15.0 Å². The highest BCUT2D eigenvalue weighted by molar-refractivity contribution is 14.1. The number of carbonyl (C=O) groups excluding carboxylic acids is 1. The highest BCUT2D eigenvalue weighted by Gasteiger charge is 2.75. The lowest BCUT2D eigenvalue weighted by molar-refractivity contribution is -0.132. The molecule has 2 saturated carbocycles. The Morgan fingerprint density at radius 1 is 1.48 bits per heavy atom. The minimum absolute atomic E-state index is 0.148. The molecule has 0 saturated heterocycles. The fourth-order valence-corrected chi connectivity index (χ4v) is 4.66. The Kier molecular flexibility index (Phi) is 3.88. The van der Waals surface area contributed by atoms with E-state index in [-0.39, 0.29) is 11.8 Å². The van der Waals surface area contributed by atoms with E-state index >= 15 is 0 Å². The molecule has 4 N–H and O–H groups in total. The Bertz CT molecular complexity index is 857. The molecule has 0 radical (unpaired) electrons. The molecule has 25 heavy (non-hydrogen) atoms. The minimum atomic E-state index is -1.10. The molecule has 0 aliphatic heterocycles. The second-order valence-electron chi connectivity index (χ2n) is 6.55. The fraction of sp³-hybridized carbons (Fsp3) is 0.600. The number of hydrogen-bond donors (Lipinski definition) is 4. The van der Waals surface area contributed by atoms with Crippen molar-refractivity contribution in [2.75, 3.05) is 18.9 Å². The van der Waals surface area contributed by atoms with Gasteiger partial charge in [-0.25, -0.2) is 15.0 Å². The molecule has 10 heteroatoms. The van der Waals surface area contributed by atoms with Crippen LogP contribution >= 0.6 is 22.6 Å². The first-order valence-corrected chi connectivity index (χ1v) is 9.25. The van der Waals surface area contributed by atoms with Gasteiger partial charge in [0.1, 0.15) is 6.10 Å². The van der Waals surface area contributed by atoms with Crippen LogP contribution in [0.3, 0.4) is 0 Å². The van der Waals surface area contributed by atoms with E-state index in [0.717, 1.165) is 0 Å². The van der Waals surface area contributed by atoms with Crippen molar-refractivity contribution in [3.8, 4) is 0 Å². The van der Waals surface area contributed by atoms with E-state index in [2.05, 4.69) is 25.6 Å². The summed E-state index contributed by atoms with van der Waals surface area (Å²) in [6, 6.07) is -0.447. The van der Waals surface area contributed by atoms with Crippen molar-refractivity contribution in [2.24, 2.45) is 11.3 Å². The molecule has 0 aromatic carbocycles. The van der Waals surface area contributed by atoms with Crippen molar-refractivity contribution in [1.29, 1.82) is 0 Å². The van der Waals surface area contributed by atoms with Crippen LogP contribution in [-0.2, 0) is 4.79 Å². The molecule has 0 bridgehead atoms. The van der Waals surface area contributed by atoms with Gasteiger partial charge in [-0.2, -0.15) is 0 Å². The van der Waals surface area contributed by atoms with Crippen LogP contribution in [0, 0.1) is 15.2 Å². The van der Waals surface area contributed by atoms with Crippen molar-refractivity contribution in [1.82, 2.24) is 24.8 Å². The zero-order chi connectivity index (χ0) is 17.9. The number of carbonyl (C=O) groups is 1. The highest BCUT2D eigenvalue weighted by Crippen LogP contribution is 2.67. The molecule has 2 aliphatic rings. The van der Waals surface area contributed by atoms with E-state index < -0.39 is 23.7 Å². The Balaban J connectivity index is 1.80. The zero-order valence-electron chi connectivity index (χ0n) is 13.8. The number of hydrogen-bond acceptors (Lipinski definition) is 7. The van der Waals surface area contributed by atoms with E-state index in [4.69, 9.17) is 0 Å². The molecule has 2 aromatic rings. The van der Waals surface area contributed by atoms with E-state index in [1.54, 1.807) is 17.9 Å². The molecule has 2 fully saturated rings. The van der Waals surface area contributed by atoms with E-state index in [1.165, 1.54) is 0 Å². The SMILES string of the molecule is CCNc1nc(I)nc2c1ncn2[C@@H]1C2C[C@]2(C(=O)NC)[C@@H](O)[C@H]1O. The number of nitrogens with one attached hydrogen (secondary N) is 2. The quantitative estimate of drug-likeness (QED) is 0.372. The first-order valence-electron chi connectivity index (χ1n) is 8.18. The Hall–Kier alpha value is -1.53. The van der Waals surface area contributed by atoms with Gasteiger partial charge in [0.05, 0.1) is 23.9 Å². The van der Waals surface area contributed by atoms with Crippen LogP contribution in [0.25, 0.3) is 11.2 Å². The second kappa shape index (κ2) is 5.74. The highest BCUT2D eigenvalue weighted by atomic mass is 127. The number of rotatable bonds is 4. The molecule has 2 aliphatic carbocycles. The van der Waals surface area contributed by atoms with Gasteiger partial charge in [0.15, 0.2) is 20.8 Å². The van der Waals surface area contributed by atoms with E-state index in [0.29, 0.717) is 33.8 Å². The van der Waals surface area contributed by atoms with Crippen LogP contribution in [-0.4, -0.2) is 61.4 Å². The van der Waals surface area contributed by atoms with Crippen LogP contribution in [0.2, 0.25) is 0 Å². The third kappa shape index (κ3) is 2.20. The van der Waals surface area contributed by atoms with Gasteiger partial charge in [-0.3, -0.25) is 4.79 Å². The van der Waals surface area contributed by atoms with Crippen molar-refractivity contribution >= 4 is 45.5 Å². The number of aromatic nitrogens is 4. The van der Waals surface area contributed by atoms with Gasteiger partial charge in [0.2, 0.25) is 5.91 Å². The Morgan fingerprint density at radius 2 is 2.24 bits per heavy atom. The lowest BCUT2D eigenvalue weighted by Gasteiger charge is -2.23. The number of nitrogens with zero attached hydrogens (tertiary/aromatic N) is 4. The van der Waals surface area contributed by atoms with Crippen molar-refractivity contribution < 1.29 is 15.0 Å². The van der Waals surface area contributed by atoms with Gasteiger partial charge in [-0.15, -0.1) is 0 Å². The first kappa shape index (κ1) is 16.9. The summed E-state index contributed by atoms with van der Waals surface area (Å²) < 4.78 is 2.33. The number of halogens is 1. The third-order valence-corrected chi connectivity index (χ3v) is 5.86. The molecule has 0 spiro atoms. The normalized spacial score (nSPS) is 33.3. The van der Waals surface area contributed by atoms with Gasteiger partial charge in [-0.05, 0) is 13.3 Å². The molecule has 1 amide bonds. The van der Waals surface area contributed by atoms with Crippen molar-refractivity contribution in [3.05, 3.63) is 10.2 Å². The van der Waals surface area contributed by atoms with Crippen molar-refractivity contribution in [2.45, 2.75) is 31.6 Å². The van der Waals surface area contributed by atoms with Gasteiger partial charge < -0.3 is 25.4 Å². The summed E-state index contributed by atoms with van der Waals surface area (Å²) in [4.78, 5) is 25.5. The number of aliphatic hydroxyl groups excluding tert-OH is 2. The lowest BCUT2D eigenvalue weighted by atomic mass is 9.98. The third-order valence-electron chi connectivity index (χ3n) is 5.38. The summed E-state index contributed by atoms with van der Waals surface area (Å²) in [5, 5.41) is 26.9. The summed E-state index contributed by atoms with van der Waals surface area (Å²) in [5.41, 5.74) is 0.286. The van der Waals surface area contributed by atoms with Gasteiger partial charge in [-0.1, -0.05) is 0 Å². The largest absolute Gasteiger partial charge is 0.389 e. The predicted octanol–water partition coefficient (Wildman–Crippen LogP) is -0.109. The molecule has 2 heterocycles. The molecular formula is C15H19IN6O3. The number of aliphatic hydroxyl groups is 2. The van der Waals surface area contributed by atoms with Gasteiger partial charge in [0.25, 0.3) is 0 Å². The average Bonchev–Trinajstić information content (AvgIpc) is 3.13. The maximum absolute atomic E-state index is 12.3. The van der Waals surface area contributed by atoms with E-state index in [1.807, 2.05) is 29.5 Å².